The van der Waals surface area contributed by atoms with Crippen molar-refractivity contribution in [3.63, 3.8) is 0 Å². The minimum Gasteiger partial charge on any atom is -0.377 e. The SMILES string of the molecule is CCO[C@@H]1C[C@H]2C(=O)NC3(CCC3)C(=O)N(C)[C@@H](C3CCCC3)C(=O)N(C)[C@H](C(=O)N(C)C)CC(=O)N(C)[C@@H](CC)C(=O)N[C@@H]([C@@H](C)CC)C(=O)N(C)CC(=O)N(C)[C@H]3CCCCCN(C3=O)[C@@H](CC3CCC(C(F)(F)F)CC3)C(=O)N(C)CC(=O)N[C@@H](CCC3CC(Cl)C(Cl)C(Cl)C3)C(=O)N2C1. The van der Waals surface area contributed by atoms with Gasteiger partial charge in [0.15, 0.2) is 0 Å². The molecule has 25 nitrogen and oxygen atoms in total. The van der Waals surface area contributed by atoms with Crippen LogP contribution in [0.2, 0.25) is 0 Å². The molecule has 7 fully saturated rings. The number of nitrogens with zero attached hydrogens (tertiary/aromatic N) is 9. The highest BCUT2D eigenvalue weighted by Gasteiger charge is 2.54. The Morgan fingerprint density at radius 2 is 1.25 bits per heavy atom. The van der Waals surface area contributed by atoms with Gasteiger partial charge in [-0.1, -0.05) is 52.9 Å². The fourth-order valence-corrected chi connectivity index (χ4v) is 17.7. The highest BCUT2D eigenvalue weighted by molar-refractivity contribution is 6.35. The van der Waals surface area contributed by atoms with E-state index < -0.39 is 196 Å². The summed E-state index contributed by atoms with van der Waals surface area (Å²) in [5.74, 6) is -11.2. The van der Waals surface area contributed by atoms with Crippen molar-refractivity contribution >= 4 is 106 Å². The van der Waals surface area contributed by atoms with E-state index in [0.717, 1.165) is 22.6 Å². The van der Waals surface area contributed by atoms with Crippen LogP contribution in [0.15, 0.2) is 0 Å². The molecule has 103 heavy (non-hydrogen) atoms. The molecule has 3 heterocycles. The molecule has 7 rings (SSSR count). The largest absolute Gasteiger partial charge is 0.391 e. The van der Waals surface area contributed by atoms with Crippen molar-refractivity contribution in [2.45, 2.75) is 264 Å². The summed E-state index contributed by atoms with van der Waals surface area (Å²) in [7, 11) is 11.4. The fourth-order valence-electron chi connectivity index (χ4n) is 16.6. The van der Waals surface area contributed by atoms with Crippen LogP contribution in [0.25, 0.3) is 0 Å². The van der Waals surface area contributed by atoms with E-state index in [1.54, 1.807) is 20.8 Å². The second-order valence-corrected chi connectivity index (χ2v) is 32.3. The number of carbonyl (C=O) groups is 12. The molecule has 582 valence electrons. The molecule has 3 aliphatic heterocycles. The summed E-state index contributed by atoms with van der Waals surface area (Å²) in [4.78, 5) is 192. The van der Waals surface area contributed by atoms with Crippen LogP contribution in [-0.2, 0) is 62.3 Å². The minimum absolute atomic E-state index is 0.00132. The number of hydrogen-bond donors (Lipinski definition) is 3. The van der Waals surface area contributed by atoms with Gasteiger partial charge in [0.1, 0.15) is 53.9 Å². The predicted octanol–water partition coefficient (Wildman–Crippen LogP) is 5.91. The number of amides is 12. The monoisotopic (exact) mass is 1520 g/mol. The molecule has 1 spiro atoms. The summed E-state index contributed by atoms with van der Waals surface area (Å²) in [6.45, 7) is 5.85. The predicted molar refractivity (Wildman–Crippen MR) is 382 cm³/mol. The Bertz CT molecular complexity index is 3020. The van der Waals surface area contributed by atoms with E-state index in [0.29, 0.717) is 64.2 Å². The smallest absolute Gasteiger partial charge is 0.377 e. The normalized spacial score (nSPS) is 32.6. The number of likely N-dealkylation sites (N-methyl/N-ethyl adjacent to an activating group) is 7. The van der Waals surface area contributed by atoms with Crippen LogP contribution >= 0.6 is 34.8 Å². The summed E-state index contributed by atoms with van der Waals surface area (Å²) >= 11 is 20.0. The Kier molecular flexibility index (Phi) is 30.5. The van der Waals surface area contributed by atoms with E-state index in [2.05, 4.69) is 16.0 Å². The van der Waals surface area contributed by atoms with E-state index in [1.165, 1.54) is 90.7 Å². The molecular formula is C72H114Cl3F3N12O13. The molecule has 31 heteroatoms. The van der Waals surface area contributed by atoms with Crippen molar-refractivity contribution in [3.05, 3.63) is 0 Å². The lowest BCUT2D eigenvalue weighted by atomic mass is 9.74. The van der Waals surface area contributed by atoms with Crippen LogP contribution < -0.4 is 16.0 Å². The van der Waals surface area contributed by atoms with Gasteiger partial charge in [-0.05, 0) is 140 Å². The summed E-state index contributed by atoms with van der Waals surface area (Å²) in [5, 5.41) is 7.20. The number of alkyl halides is 6. The van der Waals surface area contributed by atoms with Crippen LogP contribution in [0.3, 0.4) is 0 Å². The van der Waals surface area contributed by atoms with Crippen molar-refractivity contribution in [2.24, 2.45) is 29.6 Å². The molecule has 0 aromatic carbocycles. The molecule has 4 aliphatic carbocycles. The molecule has 12 atom stereocenters. The topological polar surface area (TPSA) is 279 Å². The van der Waals surface area contributed by atoms with Crippen molar-refractivity contribution < 1.29 is 75.4 Å². The average molecular weight is 1520 g/mol. The van der Waals surface area contributed by atoms with Crippen LogP contribution in [0.4, 0.5) is 13.2 Å². The maximum atomic E-state index is 15.6. The van der Waals surface area contributed by atoms with E-state index >= 15 is 28.8 Å². The van der Waals surface area contributed by atoms with Gasteiger partial charge < -0.3 is 64.8 Å². The third kappa shape index (κ3) is 20.5. The van der Waals surface area contributed by atoms with Crippen LogP contribution in [0, 0.1) is 29.6 Å². The molecule has 0 aromatic heterocycles. The number of hydrogen-bond acceptors (Lipinski definition) is 13. The highest BCUT2D eigenvalue weighted by Crippen LogP contribution is 2.43. The molecule has 3 saturated heterocycles. The lowest BCUT2D eigenvalue weighted by Gasteiger charge is -2.46. The number of rotatable bonds is 12. The zero-order valence-corrected chi connectivity index (χ0v) is 64.7. The molecule has 4 saturated carbocycles. The van der Waals surface area contributed by atoms with Gasteiger partial charge in [-0.15, -0.1) is 34.8 Å². The first-order chi connectivity index (χ1) is 48.5. The van der Waals surface area contributed by atoms with E-state index in [-0.39, 0.29) is 96.2 Å². The first-order valence-corrected chi connectivity index (χ1v) is 38.7. The summed E-state index contributed by atoms with van der Waals surface area (Å²) in [6.07, 6.45) is 0.561. The second kappa shape index (κ2) is 37.2. The molecule has 0 aromatic rings. The average Bonchev–Trinajstić information content (AvgIpc) is 1.68. The number of fused-ring (bicyclic) bond motifs is 3. The van der Waals surface area contributed by atoms with Gasteiger partial charge in [-0.3, -0.25) is 57.5 Å². The zero-order chi connectivity index (χ0) is 76.3. The number of carbonyl (C=O) groups excluding carboxylic acids is 12. The summed E-state index contributed by atoms with van der Waals surface area (Å²) in [6, 6.07) is -10.2. The Balaban J connectivity index is 1.30. The van der Waals surface area contributed by atoms with Crippen LogP contribution in [0.1, 0.15) is 182 Å². The van der Waals surface area contributed by atoms with Crippen LogP contribution in [-0.4, -0.2) is 286 Å². The van der Waals surface area contributed by atoms with E-state index in [4.69, 9.17) is 39.5 Å². The van der Waals surface area contributed by atoms with Crippen molar-refractivity contribution in [3.8, 4) is 0 Å². The second-order valence-electron chi connectivity index (χ2n) is 30.7. The maximum absolute atomic E-state index is 15.6. The molecule has 7 aliphatic rings. The molecule has 12 amide bonds. The number of ether oxygens (including phenoxy) is 1. The van der Waals surface area contributed by atoms with Gasteiger partial charge in [-0.25, -0.2) is 0 Å². The lowest BCUT2D eigenvalue weighted by molar-refractivity contribution is -0.184. The third-order valence-corrected chi connectivity index (χ3v) is 25.2. The van der Waals surface area contributed by atoms with Gasteiger partial charge in [0, 0.05) is 82.5 Å². The van der Waals surface area contributed by atoms with Crippen molar-refractivity contribution in [2.75, 3.05) is 89.2 Å². The Morgan fingerprint density at radius 1 is 0.631 bits per heavy atom. The summed E-state index contributed by atoms with van der Waals surface area (Å²) < 4.78 is 48.5. The summed E-state index contributed by atoms with van der Waals surface area (Å²) in [5.41, 5.74) is -1.56. The Labute approximate surface area is 621 Å². The highest BCUT2D eigenvalue weighted by atomic mass is 35.5. The standard InChI is InChI=1S/C72H114Cl3F3N12O13/c1-13-42(4)60-68(100)84(8)41-58(93)86(10)52-24-17-16-20-33-89(67(52)99)55(36-43-25-28-46(29-26-43)72(76,77)78)66(98)83(7)40-56(91)79-50(30-27-44-34-48(73)59(75)49(74)35-44)64(96)90-39-47(103-15-3)37-53(90)63(95)81-71(31-21-32-71)70(102)88(12)61(45-22-18-19-23-45)69(101)87(11)54(65(97)82(5)6)38-57(92)85(9)51(14-2)62(94)80-60/h42-55,59-61H,13-41H2,1-12H3,(H,79,91)(H,80,94)(H,81,95)/t42-,43?,44?,46?,47+,48?,49?,50-,51-,52-,53-,54-,55-,59?,60-,61-/m0/s1. The zero-order valence-electron chi connectivity index (χ0n) is 62.4. The van der Waals surface area contributed by atoms with Gasteiger partial charge in [-0.2, -0.15) is 13.2 Å². The van der Waals surface area contributed by atoms with Gasteiger partial charge in [0.25, 0.3) is 0 Å². The first-order valence-electron chi connectivity index (χ1n) is 37.4. The van der Waals surface area contributed by atoms with Crippen LogP contribution in [0.5, 0.6) is 0 Å². The number of nitrogens with one attached hydrogen (secondary N) is 3. The van der Waals surface area contributed by atoms with Gasteiger partial charge in [0.2, 0.25) is 70.9 Å². The maximum Gasteiger partial charge on any atom is 0.391 e. The molecule has 2 bridgehead atoms. The quantitative estimate of drug-likeness (QED) is 0.192. The molecule has 3 N–H and O–H groups in total. The number of halogens is 6. The molecule has 2 unspecified atom stereocenters. The van der Waals surface area contributed by atoms with Crippen molar-refractivity contribution in [1.29, 1.82) is 0 Å². The van der Waals surface area contributed by atoms with Gasteiger partial charge in [0.05, 0.1) is 47.7 Å². The minimum atomic E-state index is -4.44. The third-order valence-electron chi connectivity index (χ3n) is 23.4. The van der Waals surface area contributed by atoms with Gasteiger partial charge >= 0.3 is 6.18 Å². The molecular weight excluding hydrogens is 1400 g/mol. The van der Waals surface area contributed by atoms with Crippen molar-refractivity contribution in [1.82, 2.24) is 60.0 Å². The first kappa shape index (κ1) is 84.5. The fraction of sp³-hybridized carbons (Fsp3) is 0.833. The van der Waals surface area contributed by atoms with E-state index in [1.807, 2.05) is 6.92 Å². The van der Waals surface area contributed by atoms with E-state index in [9.17, 15) is 41.9 Å². The Morgan fingerprint density at radius 3 is 1.83 bits per heavy atom. The lowest BCUT2D eigenvalue weighted by Crippen LogP contribution is -2.68. The Hall–Kier alpha value is -5.74. The molecule has 0 radical (unpaired) electrons.